The number of rotatable bonds is 3. The first-order chi connectivity index (χ1) is 9.06. The van der Waals surface area contributed by atoms with Gasteiger partial charge in [-0.25, -0.2) is 4.79 Å². The summed E-state index contributed by atoms with van der Waals surface area (Å²) < 4.78 is 5.90. The molecule has 2 aromatic carbocycles. The Labute approximate surface area is 117 Å². The van der Waals surface area contributed by atoms with Gasteiger partial charge in [-0.05, 0) is 24.3 Å². The maximum atomic E-state index is 11.8. The van der Waals surface area contributed by atoms with Crippen molar-refractivity contribution in [1.82, 2.24) is 0 Å². The van der Waals surface area contributed by atoms with E-state index in [1.165, 1.54) is 24.3 Å². The summed E-state index contributed by atoms with van der Waals surface area (Å²) in [7, 11) is 0. The molecule has 6 heteroatoms. The second-order valence-electron chi connectivity index (χ2n) is 3.65. The number of carbonyl (C=O) groups excluding carboxylic acids is 1. The van der Waals surface area contributed by atoms with Gasteiger partial charge in [0.25, 0.3) is 5.69 Å². The Morgan fingerprint density at radius 3 is 2.58 bits per heavy atom. The number of benzene rings is 2. The Bertz CT molecular complexity index is 642. The van der Waals surface area contributed by atoms with E-state index in [9.17, 15) is 14.9 Å². The molecule has 0 amide bonds. The third kappa shape index (κ3) is 3.38. The van der Waals surface area contributed by atoms with Crippen LogP contribution < -0.4 is 4.74 Å². The van der Waals surface area contributed by atoms with Crippen molar-refractivity contribution in [2.45, 2.75) is 0 Å². The van der Waals surface area contributed by atoms with Crippen LogP contribution in [0.4, 0.5) is 5.69 Å². The molecule has 0 aromatic heterocycles. The van der Waals surface area contributed by atoms with Crippen LogP contribution in [0.2, 0.25) is 0 Å². The summed E-state index contributed by atoms with van der Waals surface area (Å²) in [4.78, 5) is 21.9. The first-order valence-electron chi connectivity index (χ1n) is 5.28. The molecule has 0 radical (unpaired) electrons. The van der Waals surface area contributed by atoms with E-state index in [-0.39, 0.29) is 11.3 Å². The van der Waals surface area contributed by atoms with Crippen LogP contribution >= 0.6 is 15.9 Å². The molecule has 0 spiro atoms. The number of hydrogen-bond acceptors (Lipinski definition) is 4. The topological polar surface area (TPSA) is 69.4 Å². The SMILES string of the molecule is O=C(Oc1cccc(Br)c1)c1cccc([N+](=O)[O-])c1. The van der Waals surface area contributed by atoms with Gasteiger partial charge in [0.15, 0.2) is 0 Å². The minimum atomic E-state index is -0.637. The van der Waals surface area contributed by atoms with E-state index >= 15 is 0 Å². The van der Waals surface area contributed by atoms with E-state index in [1.54, 1.807) is 24.3 Å². The number of nitro groups is 1. The predicted molar refractivity (Wildman–Crippen MR) is 72.2 cm³/mol. The summed E-state index contributed by atoms with van der Waals surface area (Å²) in [6.45, 7) is 0. The molecule has 2 rings (SSSR count). The Morgan fingerprint density at radius 1 is 1.16 bits per heavy atom. The first kappa shape index (κ1) is 13.2. The number of esters is 1. The van der Waals surface area contributed by atoms with Gasteiger partial charge in [0, 0.05) is 16.6 Å². The Balaban J connectivity index is 2.20. The average Bonchev–Trinajstić information content (AvgIpc) is 2.39. The van der Waals surface area contributed by atoms with Gasteiger partial charge in [-0.1, -0.05) is 28.1 Å². The highest BCUT2D eigenvalue weighted by atomic mass is 79.9. The summed E-state index contributed by atoms with van der Waals surface area (Å²) in [6, 6.07) is 12.2. The molecule has 0 unspecified atom stereocenters. The number of hydrogen-bond donors (Lipinski definition) is 0. The normalized spacial score (nSPS) is 9.95. The van der Waals surface area contributed by atoms with Crippen LogP contribution in [0, 0.1) is 10.1 Å². The largest absolute Gasteiger partial charge is 0.423 e. The highest BCUT2D eigenvalue weighted by Crippen LogP contribution is 2.20. The highest BCUT2D eigenvalue weighted by Gasteiger charge is 2.13. The van der Waals surface area contributed by atoms with E-state index in [1.807, 2.05) is 0 Å². The second-order valence-corrected chi connectivity index (χ2v) is 4.57. The molecule has 0 aliphatic carbocycles. The Kier molecular flexibility index (Phi) is 3.91. The molecule has 0 heterocycles. The van der Waals surface area contributed by atoms with Crippen molar-refractivity contribution in [2.75, 3.05) is 0 Å². The molecular formula is C13H8BrNO4. The van der Waals surface area contributed by atoms with E-state index in [0.29, 0.717) is 5.75 Å². The molecule has 96 valence electrons. The van der Waals surface area contributed by atoms with Crippen LogP contribution in [0.15, 0.2) is 53.0 Å². The van der Waals surface area contributed by atoms with E-state index in [0.717, 1.165) is 4.47 Å². The van der Waals surface area contributed by atoms with Crippen LogP contribution in [-0.4, -0.2) is 10.9 Å². The summed E-state index contributed by atoms with van der Waals surface area (Å²) >= 11 is 3.26. The predicted octanol–water partition coefficient (Wildman–Crippen LogP) is 3.58. The third-order valence-corrected chi connectivity index (χ3v) is 2.79. The lowest BCUT2D eigenvalue weighted by atomic mass is 10.2. The van der Waals surface area contributed by atoms with Gasteiger partial charge in [0.1, 0.15) is 5.75 Å². The Hall–Kier alpha value is -2.21. The molecule has 0 aliphatic rings. The molecule has 0 aliphatic heterocycles. The van der Waals surface area contributed by atoms with Crippen molar-refractivity contribution in [2.24, 2.45) is 0 Å². The fourth-order valence-electron chi connectivity index (χ4n) is 1.44. The maximum absolute atomic E-state index is 11.8. The summed E-state index contributed by atoms with van der Waals surface area (Å²) in [5.41, 5.74) is -0.0159. The van der Waals surface area contributed by atoms with E-state index in [2.05, 4.69) is 15.9 Å². The maximum Gasteiger partial charge on any atom is 0.343 e. The fraction of sp³-hybridized carbons (Fsp3) is 0. The van der Waals surface area contributed by atoms with Gasteiger partial charge in [-0.15, -0.1) is 0 Å². The molecule has 19 heavy (non-hydrogen) atoms. The number of non-ortho nitro benzene ring substituents is 1. The number of carbonyl (C=O) groups is 1. The number of halogens is 1. The highest BCUT2D eigenvalue weighted by molar-refractivity contribution is 9.10. The van der Waals surface area contributed by atoms with Gasteiger partial charge in [-0.3, -0.25) is 10.1 Å². The van der Waals surface area contributed by atoms with Gasteiger partial charge in [0.05, 0.1) is 10.5 Å². The molecular weight excluding hydrogens is 314 g/mol. The second kappa shape index (κ2) is 5.62. The van der Waals surface area contributed by atoms with Crippen LogP contribution in [0.5, 0.6) is 5.75 Å². The van der Waals surface area contributed by atoms with Crippen molar-refractivity contribution >= 4 is 27.6 Å². The lowest BCUT2D eigenvalue weighted by Crippen LogP contribution is -2.08. The average molecular weight is 322 g/mol. The first-order valence-corrected chi connectivity index (χ1v) is 6.08. The summed E-state index contributed by atoms with van der Waals surface area (Å²) in [5.74, 6) is -0.271. The van der Waals surface area contributed by atoms with Gasteiger partial charge in [0.2, 0.25) is 0 Å². The van der Waals surface area contributed by atoms with Crippen molar-refractivity contribution in [3.63, 3.8) is 0 Å². The molecule has 0 N–H and O–H groups in total. The van der Waals surface area contributed by atoms with Crippen LogP contribution in [-0.2, 0) is 0 Å². The molecule has 2 aromatic rings. The van der Waals surface area contributed by atoms with Crippen LogP contribution in [0.25, 0.3) is 0 Å². The zero-order valence-electron chi connectivity index (χ0n) is 9.58. The molecule has 0 bridgehead atoms. The monoisotopic (exact) mass is 321 g/mol. The zero-order valence-corrected chi connectivity index (χ0v) is 11.2. The van der Waals surface area contributed by atoms with Crippen LogP contribution in [0.1, 0.15) is 10.4 Å². The number of ether oxygens (including phenoxy) is 1. The van der Waals surface area contributed by atoms with E-state index < -0.39 is 10.9 Å². The number of nitro benzene ring substituents is 1. The quantitative estimate of drug-likeness (QED) is 0.375. The van der Waals surface area contributed by atoms with Crippen molar-refractivity contribution in [3.05, 3.63) is 68.7 Å². The van der Waals surface area contributed by atoms with Gasteiger partial charge < -0.3 is 4.74 Å². The van der Waals surface area contributed by atoms with Gasteiger partial charge >= 0.3 is 5.97 Å². The lowest BCUT2D eigenvalue weighted by molar-refractivity contribution is -0.384. The lowest BCUT2D eigenvalue weighted by Gasteiger charge is -2.04. The Morgan fingerprint density at radius 2 is 1.89 bits per heavy atom. The van der Waals surface area contributed by atoms with Crippen molar-refractivity contribution in [1.29, 1.82) is 0 Å². The molecule has 0 fully saturated rings. The summed E-state index contributed by atoms with van der Waals surface area (Å²) in [5, 5.41) is 10.6. The molecule has 0 saturated heterocycles. The minimum absolute atomic E-state index is 0.133. The molecule has 5 nitrogen and oxygen atoms in total. The third-order valence-electron chi connectivity index (χ3n) is 2.30. The van der Waals surface area contributed by atoms with Crippen molar-refractivity contribution < 1.29 is 14.5 Å². The summed E-state index contributed by atoms with van der Waals surface area (Å²) in [6.07, 6.45) is 0. The fourth-order valence-corrected chi connectivity index (χ4v) is 1.82. The van der Waals surface area contributed by atoms with Gasteiger partial charge in [-0.2, -0.15) is 0 Å². The minimum Gasteiger partial charge on any atom is -0.423 e. The zero-order chi connectivity index (χ0) is 13.8. The standard InChI is InChI=1S/C13H8BrNO4/c14-10-4-2-6-12(8-10)19-13(16)9-3-1-5-11(7-9)15(17)18/h1-8H. The molecule has 0 saturated carbocycles. The van der Waals surface area contributed by atoms with E-state index in [4.69, 9.17) is 4.74 Å². The molecule has 0 atom stereocenters. The van der Waals surface area contributed by atoms with Crippen LogP contribution in [0.3, 0.4) is 0 Å². The van der Waals surface area contributed by atoms with Crippen molar-refractivity contribution in [3.8, 4) is 5.75 Å². The number of nitrogens with zero attached hydrogens (tertiary/aromatic N) is 1. The smallest absolute Gasteiger partial charge is 0.343 e.